The summed E-state index contributed by atoms with van der Waals surface area (Å²) in [6.07, 6.45) is 4.37. The highest BCUT2D eigenvalue weighted by Crippen LogP contribution is 2.19. The summed E-state index contributed by atoms with van der Waals surface area (Å²) in [6, 6.07) is 0.363. The van der Waals surface area contributed by atoms with Crippen LogP contribution in [0.25, 0.3) is 0 Å². The van der Waals surface area contributed by atoms with Crippen molar-refractivity contribution in [1.29, 1.82) is 0 Å². The fraction of sp³-hybridized carbons (Fsp3) is 0.769. The molecule has 6 nitrogen and oxygen atoms in total. The van der Waals surface area contributed by atoms with Crippen LogP contribution in [-0.2, 0) is 11.3 Å². The van der Waals surface area contributed by atoms with Gasteiger partial charge in [-0.25, -0.2) is 4.68 Å². The van der Waals surface area contributed by atoms with E-state index in [0.29, 0.717) is 6.04 Å². The van der Waals surface area contributed by atoms with Crippen molar-refractivity contribution in [3.05, 3.63) is 11.9 Å². The molecule has 1 unspecified atom stereocenters. The number of nitrogens with zero attached hydrogens (tertiary/aromatic N) is 4. The van der Waals surface area contributed by atoms with Crippen LogP contribution in [-0.4, -0.2) is 44.9 Å². The second kappa shape index (κ2) is 6.14. The van der Waals surface area contributed by atoms with Crippen molar-refractivity contribution in [3.63, 3.8) is 0 Å². The van der Waals surface area contributed by atoms with Crippen LogP contribution in [0.1, 0.15) is 45.3 Å². The minimum absolute atomic E-state index is 0.0941. The highest BCUT2D eigenvalue weighted by molar-refractivity contribution is 5.79. The van der Waals surface area contributed by atoms with Crippen molar-refractivity contribution in [2.45, 2.75) is 52.2 Å². The number of aromatic nitrogens is 3. The maximum Gasteiger partial charge on any atom is 0.247 e. The molecule has 1 saturated carbocycles. The average Bonchev–Trinajstić information content (AvgIpc) is 3.14. The summed E-state index contributed by atoms with van der Waals surface area (Å²) in [5.74, 6) is 0.0941. The molecule has 1 fully saturated rings. The van der Waals surface area contributed by atoms with E-state index >= 15 is 0 Å². The quantitative estimate of drug-likeness (QED) is 0.797. The summed E-state index contributed by atoms with van der Waals surface area (Å²) in [4.78, 5) is 14.0. The second-order valence-corrected chi connectivity index (χ2v) is 5.03. The molecule has 19 heavy (non-hydrogen) atoms. The summed E-state index contributed by atoms with van der Waals surface area (Å²) in [5, 5.41) is 11.6. The van der Waals surface area contributed by atoms with E-state index in [0.717, 1.165) is 25.3 Å². The standard InChI is InChI=1S/C13H23N5O/c1-4-17(5-2)13(19)10(3)18-9-12(15-16-18)8-14-11-6-7-11/h9-11,14H,4-8H2,1-3H3. The number of carbonyl (C=O) groups excluding carboxylic acids is 1. The van der Waals surface area contributed by atoms with Crippen molar-refractivity contribution in [2.75, 3.05) is 13.1 Å². The van der Waals surface area contributed by atoms with Gasteiger partial charge < -0.3 is 10.2 Å². The van der Waals surface area contributed by atoms with Crippen LogP contribution in [0.3, 0.4) is 0 Å². The second-order valence-electron chi connectivity index (χ2n) is 5.03. The van der Waals surface area contributed by atoms with E-state index in [9.17, 15) is 4.79 Å². The van der Waals surface area contributed by atoms with Gasteiger partial charge >= 0.3 is 0 Å². The van der Waals surface area contributed by atoms with Gasteiger partial charge in [-0.15, -0.1) is 5.10 Å². The molecule has 6 heteroatoms. The van der Waals surface area contributed by atoms with Crippen LogP contribution in [0, 0.1) is 0 Å². The number of nitrogens with one attached hydrogen (secondary N) is 1. The van der Waals surface area contributed by atoms with Crippen molar-refractivity contribution in [2.24, 2.45) is 0 Å². The molecule has 0 radical (unpaired) electrons. The fourth-order valence-electron chi connectivity index (χ4n) is 2.03. The van der Waals surface area contributed by atoms with Crippen molar-refractivity contribution < 1.29 is 4.79 Å². The van der Waals surface area contributed by atoms with Gasteiger partial charge in [0.2, 0.25) is 5.91 Å². The zero-order chi connectivity index (χ0) is 13.8. The van der Waals surface area contributed by atoms with E-state index in [4.69, 9.17) is 0 Å². The molecule has 1 aliphatic carbocycles. The molecule has 1 heterocycles. The summed E-state index contributed by atoms with van der Waals surface area (Å²) < 4.78 is 1.66. The van der Waals surface area contributed by atoms with Crippen LogP contribution in [0.4, 0.5) is 0 Å². The van der Waals surface area contributed by atoms with Gasteiger partial charge in [-0.05, 0) is 33.6 Å². The Morgan fingerprint density at radius 3 is 2.79 bits per heavy atom. The first-order chi connectivity index (χ1) is 9.15. The summed E-state index contributed by atoms with van der Waals surface area (Å²) in [7, 11) is 0. The summed E-state index contributed by atoms with van der Waals surface area (Å²) >= 11 is 0. The number of carbonyl (C=O) groups is 1. The highest BCUT2D eigenvalue weighted by Gasteiger charge is 2.22. The number of likely N-dealkylation sites (N-methyl/N-ethyl adjacent to an activating group) is 1. The maximum atomic E-state index is 12.2. The molecule has 2 rings (SSSR count). The SMILES string of the molecule is CCN(CC)C(=O)C(C)n1cc(CNC2CC2)nn1. The van der Waals surface area contributed by atoms with Crippen LogP contribution in [0.5, 0.6) is 0 Å². The molecule has 1 amide bonds. The lowest BCUT2D eigenvalue weighted by atomic mass is 10.3. The Kier molecular flexibility index (Phi) is 4.52. The van der Waals surface area contributed by atoms with E-state index in [1.54, 1.807) is 4.68 Å². The van der Waals surface area contributed by atoms with E-state index in [2.05, 4.69) is 15.6 Å². The van der Waals surface area contributed by atoms with Gasteiger partial charge in [-0.1, -0.05) is 5.21 Å². The smallest absolute Gasteiger partial charge is 0.247 e. The normalized spacial score (nSPS) is 16.4. The molecule has 1 aromatic heterocycles. The van der Waals surface area contributed by atoms with Crippen LogP contribution in [0.2, 0.25) is 0 Å². The Morgan fingerprint density at radius 2 is 2.21 bits per heavy atom. The predicted molar refractivity (Wildman–Crippen MR) is 72.5 cm³/mol. The van der Waals surface area contributed by atoms with Gasteiger partial charge in [-0.2, -0.15) is 0 Å². The molecule has 0 saturated heterocycles. The molecular weight excluding hydrogens is 242 g/mol. The minimum atomic E-state index is -0.290. The lowest BCUT2D eigenvalue weighted by Gasteiger charge is -2.22. The number of amides is 1. The molecule has 1 N–H and O–H groups in total. The van der Waals surface area contributed by atoms with Crippen LogP contribution >= 0.6 is 0 Å². The van der Waals surface area contributed by atoms with Crippen molar-refractivity contribution >= 4 is 5.91 Å². The van der Waals surface area contributed by atoms with E-state index in [-0.39, 0.29) is 11.9 Å². The molecule has 1 atom stereocenters. The Bertz CT molecular complexity index is 422. The average molecular weight is 265 g/mol. The van der Waals surface area contributed by atoms with E-state index < -0.39 is 0 Å². The lowest BCUT2D eigenvalue weighted by molar-refractivity contribution is -0.134. The van der Waals surface area contributed by atoms with Gasteiger partial charge in [-0.3, -0.25) is 4.79 Å². The molecule has 0 aliphatic heterocycles. The van der Waals surface area contributed by atoms with Crippen molar-refractivity contribution in [1.82, 2.24) is 25.2 Å². The van der Waals surface area contributed by atoms with Crippen LogP contribution < -0.4 is 5.32 Å². The Morgan fingerprint density at radius 1 is 1.53 bits per heavy atom. The molecule has 1 aliphatic rings. The van der Waals surface area contributed by atoms with Crippen molar-refractivity contribution in [3.8, 4) is 0 Å². The third-order valence-electron chi connectivity index (χ3n) is 3.54. The van der Waals surface area contributed by atoms with Gasteiger partial charge in [0, 0.05) is 25.7 Å². The minimum Gasteiger partial charge on any atom is -0.341 e. The zero-order valence-electron chi connectivity index (χ0n) is 12.0. The maximum absolute atomic E-state index is 12.2. The van der Waals surface area contributed by atoms with E-state index in [1.165, 1.54) is 12.8 Å². The molecular formula is C13H23N5O. The molecule has 0 spiro atoms. The number of rotatable bonds is 7. The number of hydrogen-bond donors (Lipinski definition) is 1. The Labute approximate surface area is 114 Å². The first-order valence-corrected chi connectivity index (χ1v) is 7.08. The molecule has 0 bridgehead atoms. The third kappa shape index (κ3) is 3.53. The fourth-order valence-corrected chi connectivity index (χ4v) is 2.03. The first-order valence-electron chi connectivity index (χ1n) is 7.08. The lowest BCUT2D eigenvalue weighted by Crippen LogP contribution is -2.36. The monoisotopic (exact) mass is 265 g/mol. The zero-order valence-corrected chi connectivity index (χ0v) is 12.0. The van der Waals surface area contributed by atoms with Gasteiger partial charge in [0.1, 0.15) is 6.04 Å². The Balaban J connectivity index is 1.93. The molecule has 0 aromatic carbocycles. The highest BCUT2D eigenvalue weighted by atomic mass is 16.2. The molecule has 106 valence electrons. The predicted octanol–water partition coefficient (Wildman–Crippen LogP) is 0.959. The number of hydrogen-bond acceptors (Lipinski definition) is 4. The third-order valence-corrected chi connectivity index (χ3v) is 3.54. The van der Waals surface area contributed by atoms with Gasteiger partial charge in [0.15, 0.2) is 0 Å². The van der Waals surface area contributed by atoms with Gasteiger partial charge in [0.05, 0.1) is 11.9 Å². The summed E-state index contributed by atoms with van der Waals surface area (Å²) in [6.45, 7) is 8.03. The first kappa shape index (κ1) is 14.0. The van der Waals surface area contributed by atoms with E-state index in [1.807, 2.05) is 31.9 Å². The topological polar surface area (TPSA) is 63.1 Å². The van der Waals surface area contributed by atoms with Crippen LogP contribution in [0.15, 0.2) is 6.20 Å². The summed E-state index contributed by atoms with van der Waals surface area (Å²) in [5.41, 5.74) is 0.895. The Hall–Kier alpha value is -1.43. The largest absolute Gasteiger partial charge is 0.341 e. The van der Waals surface area contributed by atoms with Gasteiger partial charge in [0.25, 0.3) is 0 Å². The molecule has 1 aromatic rings.